The van der Waals surface area contributed by atoms with Crippen LogP contribution < -0.4 is 19.9 Å². The van der Waals surface area contributed by atoms with E-state index in [1.807, 2.05) is 84.9 Å². The molecule has 38 heavy (non-hydrogen) atoms. The Morgan fingerprint density at radius 3 is 2.45 bits per heavy atom. The number of carbonyl (C=O) groups excluding carboxylic acids is 1. The molecule has 1 heterocycles. The van der Waals surface area contributed by atoms with Crippen molar-refractivity contribution in [2.24, 2.45) is 5.73 Å². The Labute approximate surface area is 220 Å². The lowest BCUT2D eigenvalue weighted by molar-refractivity contribution is -0.128. The van der Waals surface area contributed by atoms with Crippen LogP contribution in [0.1, 0.15) is 28.2 Å². The highest BCUT2D eigenvalue weighted by Crippen LogP contribution is 2.44. The average molecular weight is 501 g/mol. The van der Waals surface area contributed by atoms with Crippen LogP contribution in [0.2, 0.25) is 0 Å². The van der Waals surface area contributed by atoms with Crippen LogP contribution >= 0.6 is 0 Å². The van der Waals surface area contributed by atoms with Gasteiger partial charge in [0.25, 0.3) is 0 Å². The summed E-state index contributed by atoms with van der Waals surface area (Å²) in [6, 6.07) is 34.2. The Morgan fingerprint density at radius 2 is 1.68 bits per heavy atom. The van der Waals surface area contributed by atoms with E-state index < -0.39 is 11.9 Å². The van der Waals surface area contributed by atoms with Crippen LogP contribution in [-0.2, 0) is 11.4 Å². The van der Waals surface area contributed by atoms with E-state index in [0.717, 1.165) is 22.3 Å². The van der Waals surface area contributed by atoms with Gasteiger partial charge in [-0.25, -0.2) is 4.79 Å². The van der Waals surface area contributed by atoms with Crippen molar-refractivity contribution in [3.8, 4) is 23.3 Å². The summed E-state index contributed by atoms with van der Waals surface area (Å²) in [5, 5.41) is 9.89. The zero-order valence-electron chi connectivity index (χ0n) is 20.4. The van der Waals surface area contributed by atoms with Gasteiger partial charge in [-0.3, -0.25) is 0 Å². The molecule has 1 unspecified atom stereocenters. The number of hydrogen-bond acceptors (Lipinski definition) is 6. The summed E-state index contributed by atoms with van der Waals surface area (Å²) < 4.78 is 17.2. The van der Waals surface area contributed by atoms with E-state index in [0.29, 0.717) is 29.4 Å². The molecule has 1 aliphatic rings. The van der Waals surface area contributed by atoms with Gasteiger partial charge in [-0.15, -0.1) is 0 Å². The van der Waals surface area contributed by atoms with Crippen LogP contribution in [0.3, 0.4) is 0 Å². The summed E-state index contributed by atoms with van der Waals surface area (Å²) in [7, 11) is 0. The first-order chi connectivity index (χ1) is 18.6. The molecule has 0 radical (unpaired) electrons. The summed E-state index contributed by atoms with van der Waals surface area (Å²) in [6.45, 7) is 0.422. The van der Waals surface area contributed by atoms with Crippen molar-refractivity contribution >= 4 is 12.0 Å². The predicted molar refractivity (Wildman–Crippen MR) is 144 cm³/mol. The predicted octanol–water partition coefficient (Wildman–Crippen LogP) is 6.10. The van der Waals surface area contributed by atoms with Gasteiger partial charge in [0.2, 0.25) is 5.88 Å². The molecule has 0 spiro atoms. The molecule has 0 aromatic heterocycles. The van der Waals surface area contributed by atoms with Gasteiger partial charge in [0.05, 0.1) is 5.92 Å². The van der Waals surface area contributed by atoms with Crippen molar-refractivity contribution in [2.45, 2.75) is 12.5 Å². The first-order valence-electron chi connectivity index (χ1n) is 12.0. The Kier molecular flexibility index (Phi) is 7.19. The van der Waals surface area contributed by atoms with E-state index in [9.17, 15) is 10.1 Å². The van der Waals surface area contributed by atoms with E-state index in [1.54, 1.807) is 24.3 Å². The molecule has 2 N–H and O–H groups in total. The van der Waals surface area contributed by atoms with Crippen molar-refractivity contribution < 1.29 is 19.0 Å². The van der Waals surface area contributed by atoms with E-state index in [-0.39, 0.29) is 5.88 Å². The number of rotatable bonds is 7. The number of carbonyl (C=O) groups is 1. The highest BCUT2D eigenvalue weighted by Gasteiger charge is 2.31. The molecule has 6 heteroatoms. The molecule has 1 aliphatic heterocycles. The Hall–Kier alpha value is -5.28. The first kappa shape index (κ1) is 24.4. The second-order valence-corrected chi connectivity index (χ2v) is 8.64. The molecule has 0 bridgehead atoms. The molecule has 4 aromatic rings. The van der Waals surface area contributed by atoms with E-state index in [1.165, 1.54) is 6.08 Å². The van der Waals surface area contributed by atoms with Crippen molar-refractivity contribution in [2.75, 3.05) is 0 Å². The number of hydrogen-bond donors (Lipinski definition) is 1. The average Bonchev–Trinajstić information content (AvgIpc) is 2.95. The second-order valence-electron chi connectivity index (χ2n) is 8.64. The molecule has 4 aromatic carbocycles. The van der Waals surface area contributed by atoms with Crippen molar-refractivity contribution in [1.82, 2.24) is 0 Å². The summed E-state index contributed by atoms with van der Waals surface area (Å²) >= 11 is 0. The van der Waals surface area contributed by atoms with Gasteiger partial charge in [0.15, 0.2) is 0 Å². The van der Waals surface area contributed by atoms with Crippen LogP contribution in [0.25, 0.3) is 6.08 Å². The molecule has 5 rings (SSSR count). The topological polar surface area (TPSA) is 94.6 Å². The molecule has 0 fully saturated rings. The molecule has 0 amide bonds. The zero-order valence-corrected chi connectivity index (χ0v) is 20.4. The van der Waals surface area contributed by atoms with Crippen LogP contribution in [0.4, 0.5) is 0 Å². The number of benzene rings is 4. The molecule has 0 saturated carbocycles. The summed E-state index contributed by atoms with van der Waals surface area (Å²) in [5.74, 6) is 0.411. The lowest BCUT2D eigenvalue weighted by Gasteiger charge is -2.27. The largest absolute Gasteiger partial charge is 0.489 e. The van der Waals surface area contributed by atoms with Gasteiger partial charge in [-0.05, 0) is 41.0 Å². The van der Waals surface area contributed by atoms with Gasteiger partial charge in [-0.1, -0.05) is 78.9 Å². The number of ether oxygens (including phenoxy) is 3. The second kappa shape index (κ2) is 11.2. The third kappa shape index (κ3) is 5.58. The minimum Gasteiger partial charge on any atom is -0.489 e. The lowest BCUT2D eigenvalue weighted by Crippen LogP contribution is -2.21. The Bertz CT molecular complexity index is 1550. The zero-order chi connectivity index (χ0) is 26.3. The van der Waals surface area contributed by atoms with Crippen LogP contribution in [0.15, 0.2) is 121 Å². The third-order valence-electron chi connectivity index (χ3n) is 6.06. The minimum atomic E-state index is -0.523. The monoisotopic (exact) mass is 500 g/mol. The maximum atomic E-state index is 12.4. The number of allylic oxidation sites excluding steroid dienone is 1. The molecular formula is C32H24N2O4. The number of nitriles is 1. The van der Waals surface area contributed by atoms with Crippen molar-refractivity contribution in [3.05, 3.63) is 143 Å². The SMILES string of the molecule is N#CC1=C(N)Oc2cc(OC(=O)/C=C/c3ccccc3)ccc2C1c1cccc(OCc2ccccc2)c1. The number of nitrogens with zero attached hydrogens (tertiary/aromatic N) is 1. The van der Waals surface area contributed by atoms with E-state index in [4.69, 9.17) is 19.9 Å². The first-order valence-corrected chi connectivity index (χ1v) is 12.0. The van der Waals surface area contributed by atoms with Crippen LogP contribution in [0, 0.1) is 11.3 Å². The van der Waals surface area contributed by atoms with Gasteiger partial charge in [0.1, 0.15) is 35.5 Å². The van der Waals surface area contributed by atoms with Gasteiger partial charge < -0.3 is 19.9 Å². The van der Waals surface area contributed by atoms with E-state index >= 15 is 0 Å². The minimum absolute atomic E-state index is 0.00746. The molecular weight excluding hydrogens is 476 g/mol. The molecule has 186 valence electrons. The number of esters is 1. The van der Waals surface area contributed by atoms with Gasteiger partial charge in [0, 0.05) is 17.7 Å². The van der Waals surface area contributed by atoms with Gasteiger partial charge >= 0.3 is 5.97 Å². The maximum absolute atomic E-state index is 12.4. The normalized spacial score (nSPS) is 14.3. The van der Waals surface area contributed by atoms with E-state index in [2.05, 4.69) is 6.07 Å². The third-order valence-corrected chi connectivity index (χ3v) is 6.06. The Balaban J connectivity index is 1.38. The quantitative estimate of drug-likeness (QED) is 0.187. The fourth-order valence-corrected chi connectivity index (χ4v) is 4.25. The van der Waals surface area contributed by atoms with Gasteiger partial charge in [-0.2, -0.15) is 5.26 Å². The standard InChI is InChI=1S/C32H24N2O4/c33-20-28-31(24-12-7-13-25(18-24)36-21-23-10-5-2-6-11-23)27-16-15-26(19-29(27)38-32(28)34)37-30(35)17-14-22-8-3-1-4-9-22/h1-19,31H,21,34H2/b17-14+. The molecule has 0 saturated heterocycles. The Morgan fingerprint density at radius 1 is 0.921 bits per heavy atom. The molecule has 1 atom stereocenters. The highest BCUT2D eigenvalue weighted by molar-refractivity contribution is 5.88. The number of fused-ring (bicyclic) bond motifs is 1. The number of nitrogens with two attached hydrogens (primary N) is 1. The summed E-state index contributed by atoms with van der Waals surface area (Å²) in [5.41, 5.74) is 9.95. The fourth-order valence-electron chi connectivity index (χ4n) is 4.25. The fraction of sp³-hybridized carbons (Fsp3) is 0.0625. The van der Waals surface area contributed by atoms with Crippen LogP contribution in [0.5, 0.6) is 17.2 Å². The lowest BCUT2D eigenvalue weighted by atomic mass is 9.83. The molecule has 0 aliphatic carbocycles. The van der Waals surface area contributed by atoms with Crippen molar-refractivity contribution in [1.29, 1.82) is 5.26 Å². The summed E-state index contributed by atoms with van der Waals surface area (Å²) in [6.07, 6.45) is 3.04. The van der Waals surface area contributed by atoms with Crippen molar-refractivity contribution in [3.63, 3.8) is 0 Å². The highest BCUT2D eigenvalue weighted by atomic mass is 16.5. The van der Waals surface area contributed by atoms with Crippen LogP contribution in [-0.4, -0.2) is 5.97 Å². The maximum Gasteiger partial charge on any atom is 0.336 e. The summed E-state index contributed by atoms with van der Waals surface area (Å²) in [4.78, 5) is 12.4. The smallest absolute Gasteiger partial charge is 0.336 e. The molecule has 6 nitrogen and oxygen atoms in total.